The second kappa shape index (κ2) is 10.7. The first-order valence-electron chi connectivity index (χ1n) is 12.3. The smallest absolute Gasteiger partial charge is 0.242 e. The molecule has 0 saturated carbocycles. The number of carbonyl (C=O) groups excluding carboxylic acids is 1. The van der Waals surface area contributed by atoms with E-state index in [1.54, 1.807) is 34.5 Å². The Balaban J connectivity index is 1.38. The van der Waals surface area contributed by atoms with Crippen LogP contribution in [-0.2, 0) is 11.2 Å². The molecule has 4 aromatic heterocycles. The van der Waals surface area contributed by atoms with Gasteiger partial charge in [0.15, 0.2) is 11.3 Å². The van der Waals surface area contributed by atoms with E-state index >= 15 is 0 Å². The molecule has 10 nitrogen and oxygen atoms in total. The highest BCUT2D eigenvalue weighted by atomic mass is 19.1. The molecule has 5 heterocycles. The van der Waals surface area contributed by atoms with Gasteiger partial charge in [-0.3, -0.25) is 14.7 Å². The number of amides is 1. The van der Waals surface area contributed by atoms with Gasteiger partial charge in [0.25, 0.3) is 0 Å². The molecule has 0 radical (unpaired) electrons. The summed E-state index contributed by atoms with van der Waals surface area (Å²) < 4.78 is 34.9. The number of ether oxygens (including phenoxy) is 1. The van der Waals surface area contributed by atoms with Crippen LogP contribution in [0.2, 0.25) is 0 Å². The molecule has 0 aliphatic carbocycles. The molecule has 0 aromatic carbocycles. The van der Waals surface area contributed by atoms with E-state index in [0.29, 0.717) is 41.5 Å². The number of pyridine rings is 2. The van der Waals surface area contributed by atoms with Gasteiger partial charge in [0, 0.05) is 31.4 Å². The van der Waals surface area contributed by atoms with E-state index in [-0.39, 0.29) is 43.0 Å². The fraction of sp³-hybridized carbons (Fsp3) is 0.385. The molecule has 0 spiro atoms. The van der Waals surface area contributed by atoms with Crippen LogP contribution in [0.25, 0.3) is 22.4 Å². The number of nitrogens with zero attached hydrogens (tertiary/aromatic N) is 8. The van der Waals surface area contributed by atoms with Crippen molar-refractivity contribution in [1.29, 1.82) is 0 Å². The van der Waals surface area contributed by atoms with Crippen molar-refractivity contribution in [3.8, 4) is 17.3 Å². The molecular formula is C26H28F2N8O2. The molecule has 198 valence electrons. The largest absolute Gasteiger partial charge is 0.479 e. The number of imidazole rings is 1. The molecule has 0 atom stereocenters. The minimum Gasteiger partial charge on any atom is -0.479 e. The molecule has 1 fully saturated rings. The standard InChI is InChI=1S/C26H28F2N8O2/c1-16(2)36-15-31-25-21(36)11-20(32-26(25)38-3)24-19(28)13-30-22(33-24)10-17-4-5-18(12-29-17)35-9-8-34(7-6-27)14-23(35)37/h4-5,11-13,15-16H,6-10,14H2,1-3H3. The lowest BCUT2D eigenvalue weighted by molar-refractivity contribution is -0.121. The third-order valence-corrected chi connectivity index (χ3v) is 6.48. The summed E-state index contributed by atoms with van der Waals surface area (Å²) in [6, 6.07) is 5.48. The summed E-state index contributed by atoms with van der Waals surface area (Å²) in [6.07, 6.45) is 4.71. The number of methoxy groups -OCH3 is 1. The molecule has 1 aliphatic rings. The number of aromatic nitrogens is 6. The first-order chi connectivity index (χ1) is 18.4. The van der Waals surface area contributed by atoms with Crippen molar-refractivity contribution in [2.75, 3.05) is 44.9 Å². The average Bonchev–Trinajstić information content (AvgIpc) is 3.35. The van der Waals surface area contributed by atoms with Crippen LogP contribution < -0.4 is 9.64 Å². The van der Waals surface area contributed by atoms with Crippen LogP contribution in [0.5, 0.6) is 5.88 Å². The SMILES string of the molecule is COc1nc(-c2nc(Cc3ccc(N4CCN(CCF)CC4=O)cn3)ncc2F)cc2c1ncn2C(C)C. The monoisotopic (exact) mass is 522 g/mol. The molecule has 1 amide bonds. The Morgan fingerprint density at radius 2 is 1.95 bits per heavy atom. The highest BCUT2D eigenvalue weighted by Gasteiger charge is 2.25. The van der Waals surface area contributed by atoms with E-state index in [9.17, 15) is 13.6 Å². The van der Waals surface area contributed by atoms with Crippen molar-refractivity contribution in [2.45, 2.75) is 26.3 Å². The lowest BCUT2D eigenvalue weighted by atomic mass is 10.2. The van der Waals surface area contributed by atoms with E-state index in [1.807, 2.05) is 24.5 Å². The molecular weight excluding hydrogens is 494 g/mol. The van der Waals surface area contributed by atoms with Gasteiger partial charge < -0.3 is 14.2 Å². The molecule has 4 aromatic rings. The maximum absolute atomic E-state index is 14.9. The molecule has 1 aliphatic heterocycles. The number of hydrogen-bond donors (Lipinski definition) is 0. The molecule has 38 heavy (non-hydrogen) atoms. The second-order valence-corrected chi connectivity index (χ2v) is 9.31. The Kier molecular flexibility index (Phi) is 7.23. The molecule has 12 heteroatoms. The topological polar surface area (TPSA) is 102 Å². The molecule has 0 unspecified atom stereocenters. The molecule has 5 rings (SSSR count). The van der Waals surface area contributed by atoms with Crippen LogP contribution in [0.4, 0.5) is 14.5 Å². The maximum atomic E-state index is 14.9. The first kappa shape index (κ1) is 25.6. The third kappa shape index (κ3) is 5.03. The van der Waals surface area contributed by atoms with Gasteiger partial charge in [-0.2, -0.15) is 0 Å². The Morgan fingerprint density at radius 1 is 1.11 bits per heavy atom. The lowest BCUT2D eigenvalue weighted by Gasteiger charge is -2.33. The van der Waals surface area contributed by atoms with Gasteiger partial charge in [0.1, 0.15) is 18.2 Å². The van der Waals surface area contributed by atoms with Gasteiger partial charge in [0.2, 0.25) is 11.8 Å². The summed E-state index contributed by atoms with van der Waals surface area (Å²) in [4.78, 5) is 37.8. The van der Waals surface area contributed by atoms with Crippen molar-refractivity contribution in [2.24, 2.45) is 0 Å². The number of carbonyl (C=O) groups is 1. The summed E-state index contributed by atoms with van der Waals surface area (Å²) in [5, 5.41) is 0. The summed E-state index contributed by atoms with van der Waals surface area (Å²) in [5.41, 5.74) is 3.05. The van der Waals surface area contributed by atoms with E-state index in [0.717, 1.165) is 11.7 Å². The van der Waals surface area contributed by atoms with Gasteiger partial charge in [-0.25, -0.2) is 28.7 Å². The molecule has 0 bridgehead atoms. The van der Waals surface area contributed by atoms with Crippen molar-refractivity contribution in [3.63, 3.8) is 0 Å². The lowest BCUT2D eigenvalue weighted by Crippen LogP contribution is -2.51. The Morgan fingerprint density at radius 3 is 2.63 bits per heavy atom. The molecule has 1 saturated heterocycles. The van der Waals surface area contributed by atoms with Gasteiger partial charge in [-0.15, -0.1) is 0 Å². The van der Waals surface area contributed by atoms with Crippen LogP contribution in [0.3, 0.4) is 0 Å². The number of piperazine rings is 1. The fourth-order valence-electron chi connectivity index (χ4n) is 4.49. The number of rotatable bonds is 8. The highest BCUT2D eigenvalue weighted by Crippen LogP contribution is 2.30. The van der Waals surface area contributed by atoms with Crippen LogP contribution >= 0.6 is 0 Å². The van der Waals surface area contributed by atoms with Crippen molar-refractivity contribution in [1.82, 2.24) is 34.4 Å². The Bertz CT molecular complexity index is 1460. The van der Waals surface area contributed by atoms with Gasteiger partial charge in [-0.1, -0.05) is 0 Å². The van der Waals surface area contributed by atoms with E-state index in [1.165, 1.54) is 7.11 Å². The number of alkyl halides is 1. The Labute approximate surface area is 218 Å². The predicted octanol–water partition coefficient (Wildman–Crippen LogP) is 3.22. The quantitative estimate of drug-likeness (QED) is 0.348. The maximum Gasteiger partial charge on any atom is 0.242 e. The summed E-state index contributed by atoms with van der Waals surface area (Å²) in [5.74, 6) is -0.0407. The van der Waals surface area contributed by atoms with E-state index < -0.39 is 12.5 Å². The minimum atomic E-state index is -0.605. The minimum absolute atomic E-state index is 0.0556. The van der Waals surface area contributed by atoms with Gasteiger partial charge in [0.05, 0.1) is 55.7 Å². The van der Waals surface area contributed by atoms with E-state index in [4.69, 9.17) is 4.74 Å². The number of halogens is 2. The van der Waals surface area contributed by atoms with Crippen molar-refractivity contribution in [3.05, 3.63) is 54.3 Å². The van der Waals surface area contributed by atoms with Crippen LogP contribution in [0.1, 0.15) is 31.4 Å². The van der Waals surface area contributed by atoms with Crippen molar-refractivity contribution < 1.29 is 18.3 Å². The number of fused-ring (bicyclic) bond motifs is 1. The zero-order chi connectivity index (χ0) is 26.8. The Hall–Kier alpha value is -4.06. The molecule has 0 N–H and O–H groups in total. The van der Waals surface area contributed by atoms with Crippen LogP contribution in [0, 0.1) is 5.82 Å². The normalized spacial score (nSPS) is 14.6. The zero-order valence-electron chi connectivity index (χ0n) is 21.4. The summed E-state index contributed by atoms with van der Waals surface area (Å²) in [6.45, 7) is 5.09. The fourth-order valence-corrected chi connectivity index (χ4v) is 4.49. The van der Waals surface area contributed by atoms with Crippen molar-refractivity contribution >= 4 is 22.6 Å². The number of anilines is 1. The summed E-state index contributed by atoms with van der Waals surface area (Å²) in [7, 11) is 1.49. The van der Waals surface area contributed by atoms with Crippen LogP contribution in [0.15, 0.2) is 36.9 Å². The van der Waals surface area contributed by atoms with Gasteiger partial charge in [-0.05, 0) is 32.0 Å². The summed E-state index contributed by atoms with van der Waals surface area (Å²) >= 11 is 0. The third-order valence-electron chi connectivity index (χ3n) is 6.48. The van der Waals surface area contributed by atoms with Gasteiger partial charge >= 0.3 is 0 Å². The second-order valence-electron chi connectivity index (χ2n) is 9.31. The van der Waals surface area contributed by atoms with Crippen LogP contribution in [-0.4, -0.2) is 80.3 Å². The zero-order valence-corrected chi connectivity index (χ0v) is 21.4. The number of hydrogen-bond acceptors (Lipinski definition) is 8. The predicted molar refractivity (Wildman–Crippen MR) is 137 cm³/mol. The van der Waals surface area contributed by atoms with E-state index in [2.05, 4.69) is 24.9 Å². The first-order valence-corrected chi connectivity index (χ1v) is 12.3. The average molecular weight is 523 g/mol. The highest BCUT2D eigenvalue weighted by molar-refractivity contribution is 5.95.